The van der Waals surface area contributed by atoms with Gasteiger partial charge in [0.05, 0.1) is 18.7 Å². The van der Waals surface area contributed by atoms with E-state index in [2.05, 4.69) is 5.16 Å². The molecule has 1 aliphatic rings. The Morgan fingerprint density at radius 3 is 2.80 bits per heavy atom. The molecule has 0 amide bonds. The van der Waals surface area contributed by atoms with Gasteiger partial charge in [0.2, 0.25) is 0 Å². The number of ether oxygens (including phenoxy) is 1. The summed E-state index contributed by atoms with van der Waals surface area (Å²) in [7, 11) is 0. The van der Waals surface area contributed by atoms with Crippen molar-refractivity contribution in [1.29, 1.82) is 0 Å². The van der Waals surface area contributed by atoms with E-state index in [1.165, 1.54) is 0 Å². The molecule has 0 radical (unpaired) electrons. The van der Waals surface area contributed by atoms with Gasteiger partial charge in [-0.05, 0) is 12.8 Å². The fraction of sp³-hybridized carbons (Fsp3) is 0.700. The van der Waals surface area contributed by atoms with Gasteiger partial charge in [-0.2, -0.15) is 0 Å². The Hall–Kier alpha value is -1.39. The third-order valence-electron chi connectivity index (χ3n) is 2.25. The predicted molar refractivity (Wildman–Crippen MR) is 53.4 cm³/mol. The Labute approximate surface area is 88.4 Å². The van der Waals surface area contributed by atoms with Gasteiger partial charge in [0.25, 0.3) is 5.60 Å². The van der Waals surface area contributed by atoms with Crippen LogP contribution in [0.1, 0.15) is 27.2 Å². The molecule has 1 unspecified atom stereocenters. The number of carbonyl (C=O) groups is 2. The van der Waals surface area contributed by atoms with Gasteiger partial charge in [-0.1, -0.05) is 19.0 Å². The fourth-order valence-electron chi connectivity index (χ4n) is 1.26. The first kappa shape index (κ1) is 11.7. The molecule has 5 heteroatoms. The molecule has 84 valence electrons. The lowest BCUT2D eigenvalue weighted by molar-refractivity contribution is -0.169. The minimum Gasteiger partial charge on any atom is -0.463 e. The predicted octanol–water partition coefficient (Wildman–Crippen LogP) is 0.919. The van der Waals surface area contributed by atoms with Crippen LogP contribution in [0.3, 0.4) is 0 Å². The molecule has 0 N–H and O–H groups in total. The van der Waals surface area contributed by atoms with E-state index in [4.69, 9.17) is 9.57 Å². The maximum Gasteiger partial charge on any atom is 0.361 e. The smallest absolute Gasteiger partial charge is 0.361 e. The van der Waals surface area contributed by atoms with Gasteiger partial charge in [-0.15, -0.1) is 0 Å². The number of hydrogen-bond donors (Lipinski definition) is 0. The molecule has 1 rings (SSSR count). The molecular weight excluding hydrogens is 198 g/mol. The number of oxime groups is 1. The summed E-state index contributed by atoms with van der Waals surface area (Å²) in [6, 6.07) is 0. The summed E-state index contributed by atoms with van der Waals surface area (Å²) in [5.41, 5.74) is -0.842. The van der Waals surface area contributed by atoms with E-state index >= 15 is 0 Å². The highest BCUT2D eigenvalue weighted by Crippen LogP contribution is 2.26. The zero-order chi connectivity index (χ0) is 11.5. The largest absolute Gasteiger partial charge is 0.463 e. The Morgan fingerprint density at radius 1 is 1.73 bits per heavy atom. The summed E-state index contributed by atoms with van der Waals surface area (Å²) in [5.74, 6) is -0.513. The third kappa shape index (κ3) is 2.16. The molecule has 1 aliphatic heterocycles. The first-order valence-electron chi connectivity index (χ1n) is 4.94. The molecule has 0 saturated heterocycles. The molecule has 15 heavy (non-hydrogen) atoms. The second kappa shape index (κ2) is 4.42. The topological polar surface area (TPSA) is 65.0 Å². The molecule has 0 aliphatic carbocycles. The van der Waals surface area contributed by atoms with Crippen LogP contribution in [0.2, 0.25) is 0 Å². The number of carbonyl (C=O) groups excluding carboxylic acids is 2. The second-order valence-electron chi connectivity index (χ2n) is 3.73. The van der Waals surface area contributed by atoms with Crippen LogP contribution in [0.4, 0.5) is 0 Å². The first-order valence-corrected chi connectivity index (χ1v) is 4.94. The summed E-state index contributed by atoms with van der Waals surface area (Å²) in [6.07, 6.45) is 0.650. The summed E-state index contributed by atoms with van der Waals surface area (Å²) in [6.45, 7) is 5.74. The quantitative estimate of drug-likeness (QED) is 0.395. The average Bonchev–Trinajstić information content (AvgIpc) is 2.63. The fourth-order valence-corrected chi connectivity index (χ4v) is 1.26. The first-order chi connectivity index (χ1) is 7.05. The van der Waals surface area contributed by atoms with E-state index in [-0.39, 0.29) is 18.9 Å². The number of hydrogen-bond acceptors (Lipinski definition) is 5. The second-order valence-corrected chi connectivity index (χ2v) is 3.73. The van der Waals surface area contributed by atoms with E-state index in [0.717, 1.165) is 0 Å². The van der Waals surface area contributed by atoms with E-state index in [1.54, 1.807) is 6.92 Å². The summed E-state index contributed by atoms with van der Waals surface area (Å²) in [5, 5.41) is 3.75. The van der Waals surface area contributed by atoms with Crippen molar-refractivity contribution in [3.05, 3.63) is 0 Å². The van der Waals surface area contributed by atoms with Crippen molar-refractivity contribution in [2.75, 3.05) is 6.61 Å². The highest BCUT2D eigenvalue weighted by molar-refractivity contribution is 6.04. The number of esters is 1. The van der Waals surface area contributed by atoms with Crippen LogP contribution in [-0.2, 0) is 19.2 Å². The standard InChI is InChI=1S/C10H15NO4/c1-4-14-9(13)10(6-12)5-8(7(2)3)11-15-10/h6-7H,4-5H2,1-3H3. The van der Waals surface area contributed by atoms with Gasteiger partial charge in [-0.25, -0.2) is 4.79 Å². The van der Waals surface area contributed by atoms with Crippen LogP contribution in [0.25, 0.3) is 0 Å². The molecule has 0 aromatic carbocycles. The lowest BCUT2D eigenvalue weighted by Gasteiger charge is -2.17. The maximum atomic E-state index is 11.5. The molecular formula is C10H15NO4. The Morgan fingerprint density at radius 2 is 2.40 bits per heavy atom. The lowest BCUT2D eigenvalue weighted by atomic mass is 9.94. The van der Waals surface area contributed by atoms with Gasteiger partial charge >= 0.3 is 5.97 Å². The number of rotatable bonds is 4. The van der Waals surface area contributed by atoms with Crippen LogP contribution in [0.15, 0.2) is 5.16 Å². The molecule has 5 nitrogen and oxygen atoms in total. The van der Waals surface area contributed by atoms with Crippen molar-refractivity contribution in [3.8, 4) is 0 Å². The van der Waals surface area contributed by atoms with E-state index in [1.807, 2.05) is 13.8 Å². The Kier molecular flexibility index (Phi) is 3.44. The third-order valence-corrected chi connectivity index (χ3v) is 2.25. The molecule has 0 bridgehead atoms. The van der Waals surface area contributed by atoms with E-state index in [0.29, 0.717) is 12.0 Å². The summed E-state index contributed by atoms with van der Waals surface area (Å²) in [4.78, 5) is 27.4. The Bertz CT molecular complexity index is 298. The zero-order valence-corrected chi connectivity index (χ0v) is 9.15. The van der Waals surface area contributed by atoms with Gasteiger partial charge in [0.15, 0.2) is 6.29 Å². The SMILES string of the molecule is CCOC(=O)C1(C=O)CC(C(C)C)=NO1. The summed E-state index contributed by atoms with van der Waals surface area (Å²) >= 11 is 0. The monoisotopic (exact) mass is 213 g/mol. The zero-order valence-electron chi connectivity index (χ0n) is 9.15. The van der Waals surface area contributed by atoms with Crippen molar-refractivity contribution in [2.24, 2.45) is 11.1 Å². The van der Waals surface area contributed by atoms with Gasteiger partial charge < -0.3 is 9.57 Å². The molecule has 0 aromatic rings. The van der Waals surface area contributed by atoms with E-state index in [9.17, 15) is 9.59 Å². The van der Waals surface area contributed by atoms with E-state index < -0.39 is 11.6 Å². The minimum absolute atomic E-state index is 0.154. The summed E-state index contributed by atoms with van der Waals surface area (Å²) < 4.78 is 4.78. The van der Waals surface area contributed by atoms with Gasteiger partial charge in [0, 0.05) is 0 Å². The highest BCUT2D eigenvalue weighted by Gasteiger charge is 2.48. The highest BCUT2D eigenvalue weighted by atomic mass is 16.7. The van der Waals surface area contributed by atoms with Crippen molar-refractivity contribution in [1.82, 2.24) is 0 Å². The minimum atomic E-state index is -1.55. The normalized spacial score (nSPS) is 24.7. The van der Waals surface area contributed by atoms with Gasteiger partial charge in [0.1, 0.15) is 0 Å². The molecule has 0 spiro atoms. The van der Waals surface area contributed by atoms with Crippen LogP contribution < -0.4 is 0 Å². The maximum absolute atomic E-state index is 11.5. The van der Waals surface area contributed by atoms with Crippen LogP contribution >= 0.6 is 0 Å². The molecule has 1 heterocycles. The average molecular weight is 213 g/mol. The van der Waals surface area contributed by atoms with Crippen LogP contribution in [0, 0.1) is 5.92 Å². The van der Waals surface area contributed by atoms with Crippen molar-refractivity contribution in [2.45, 2.75) is 32.8 Å². The van der Waals surface area contributed by atoms with Crippen LogP contribution in [0.5, 0.6) is 0 Å². The number of aldehydes is 1. The van der Waals surface area contributed by atoms with Crippen LogP contribution in [-0.4, -0.2) is 30.2 Å². The number of nitrogens with zero attached hydrogens (tertiary/aromatic N) is 1. The molecule has 0 fully saturated rings. The van der Waals surface area contributed by atoms with Crippen molar-refractivity contribution in [3.63, 3.8) is 0 Å². The lowest BCUT2D eigenvalue weighted by Crippen LogP contribution is -2.42. The van der Waals surface area contributed by atoms with Crippen molar-refractivity contribution < 1.29 is 19.2 Å². The molecule has 0 aromatic heterocycles. The van der Waals surface area contributed by atoms with Crippen molar-refractivity contribution >= 4 is 18.0 Å². The van der Waals surface area contributed by atoms with Gasteiger partial charge in [-0.3, -0.25) is 4.79 Å². The molecule has 1 atom stereocenters. The Balaban J connectivity index is 2.76. The molecule has 0 saturated carbocycles.